The van der Waals surface area contributed by atoms with Crippen molar-refractivity contribution in [2.75, 3.05) is 30.4 Å². The van der Waals surface area contributed by atoms with Crippen LogP contribution in [0.25, 0.3) is 0 Å². The number of anilines is 1. The van der Waals surface area contributed by atoms with Crippen LogP contribution in [0.4, 0.5) is 32.0 Å². The second-order valence-corrected chi connectivity index (χ2v) is 13.0. The lowest BCUT2D eigenvalue weighted by atomic mass is 9.85. The fraction of sp³-hybridized carbons (Fsp3) is 0.387. The first-order valence-electron chi connectivity index (χ1n) is 14.4. The van der Waals surface area contributed by atoms with Crippen molar-refractivity contribution in [3.63, 3.8) is 0 Å². The van der Waals surface area contributed by atoms with Gasteiger partial charge in [-0.3, -0.25) is 9.53 Å². The van der Waals surface area contributed by atoms with E-state index in [0.29, 0.717) is 16.8 Å². The number of carbonyl (C=O) groups is 1. The number of rotatable bonds is 13. The first kappa shape index (κ1) is 35.8. The van der Waals surface area contributed by atoms with Crippen LogP contribution in [0.15, 0.2) is 71.6 Å². The Morgan fingerprint density at radius 1 is 0.979 bits per heavy atom. The van der Waals surface area contributed by atoms with Gasteiger partial charge in [0.1, 0.15) is 17.6 Å². The normalized spacial score (nSPS) is 17.8. The van der Waals surface area contributed by atoms with Gasteiger partial charge in [-0.2, -0.15) is 0 Å². The second-order valence-electron chi connectivity index (χ2n) is 10.7. The smallest absolute Gasteiger partial charge is 0.489 e. The molecule has 9 nitrogen and oxygen atoms in total. The van der Waals surface area contributed by atoms with Crippen molar-refractivity contribution in [1.82, 2.24) is 0 Å². The summed E-state index contributed by atoms with van der Waals surface area (Å²) in [5.74, 6) is -1.88. The number of halogens is 6. The first-order chi connectivity index (χ1) is 22.0. The number of nitrogens with zero attached hydrogens (tertiary/aromatic N) is 1. The van der Waals surface area contributed by atoms with Gasteiger partial charge in [-0.25, -0.2) is 8.42 Å². The molecular weight excluding hydrogens is 658 g/mol. The van der Waals surface area contributed by atoms with Crippen molar-refractivity contribution in [3.05, 3.63) is 83.4 Å². The molecule has 16 heteroatoms. The van der Waals surface area contributed by atoms with Gasteiger partial charge in [0.25, 0.3) is 0 Å². The van der Waals surface area contributed by atoms with Gasteiger partial charge < -0.3 is 25.2 Å². The van der Waals surface area contributed by atoms with E-state index in [2.05, 4.69) is 9.47 Å². The average molecular weight is 691 g/mol. The molecule has 0 aromatic heterocycles. The third-order valence-electron chi connectivity index (χ3n) is 7.62. The van der Waals surface area contributed by atoms with E-state index in [1.54, 1.807) is 23.1 Å². The summed E-state index contributed by atoms with van der Waals surface area (Å²) in [5, 5.41) is 9.90. The SMILES string of the molecule is CCS(=O)(=O)c1ccc([C@H](CCO)c2cc(N3C[C@@H](Oc4ccc(OC(F)(F)F)cc4)C[C@H]3COC(F)(F)F)ccc2C(N)=O)cc1. The summed E-state index contributed by atoms with van der Waals surface area (Å²) in [6.07, 6.45) is -10.4. The molecule has 0 radical (unpaired) electrons. The maximum atomic E-state index is 13.1. The summed E-state index contributed by atoms with van der Waals surface area (Å²) in [5.41, 5.74) is 7.07. The van der Waals surface area contributed by atoms with E-state index < -0.39 is 58.9 Å². The standard InChI is InChI=1S/C31H32F6N2O7S/c1-2-47(42,43)25-10-3-19(4-11-25)26(13-14-40)28-16-20(5-12-27(28)29(38)41)39-17-24(15-21(39)18-44-30(32,33)34)45-22-6-8-23(9-7-22)46-31(35,36)37/h3-12,16,21,24,26,40H,2,13-15,17-18H2,1H3,(H2,38,41)/t21-,24-,26-/m0/s1. The number of aliphatic hydroxyl groups excluding tert-OH is 1. The maximum Gasteiger partial charge on any atom is 0.573 e. The molecule has 3 N–H and O–H groups in total. The van der Waals surface area contributed by atoms with E-state index in [9.17, 15) is 44.7 Å². The summed E-state index contributed by atoms with van der Waals surface area (Å²) in [4.78, 5) is 14.2. The third-order valence-corrected chi connectivity index (χ3v) is 9.37. The Kier molecular flexibility index (Phi) is 11.0. The molecule has 1 fully saturated rings. The topological polar surface area (TPSA) is 128 Å². The van der Waals surface area contributed by atoms with E-state index in [1.165, 1.54) is 43.3 Å². The number of primary amides is 1. The number of sulfone groups is 1. The molecule has 0 saturated carbocycles. The number of hydrogen-bond donors (Lipinski definition) is 2. The summed E-state index contributed by atoms with van der Waals surface area (Å²) in [6.45, 7) is 0.446. The number of carbonyl (C=O) groups excluding carboxylic acids is 1. The molecule has 4 rings (SSSR count). The van der Waals surface area contributed by atoms with Crippen LogP contribution in [0.3, 0.4) is 0 Å². The fourth-order valence-corrected chi connectivity index (χ4v) is 6.37. The van der Waals surface area contributed by atoms with Gasteiger partial charge in [-0.1, -0.05) is 19.1 Å². The molecule has 3 aromatic carbocycles. The lowest BCUT2D eigenvalue weighted by Crippen LogP contribution is -2.35. The van der Waals surface area contributed by atoms with E-state index in [-0.39, 0.29) is 48.0 Å². The van der Waals surface area contributed by atoms with Crippen molar-refractivity contribution in [3.8, 4) is 11.5 Å². The molecular formula is C31H32F6N2O7S. The maximum absolute atomic E-state index is 13.1. The summed E-state index contributed by atoms with van der Waals surface area (Å²) >= 11 is 0. The molecule has 0 bridgehead atoms. The van der Waals surface area contributed by atoms with Crippen molar-refractivity contribution < 1.29 is 58.9 Å². The van der Waals surface area contributed by atoms with Crippen LogP contribution < -0.4 is 20.1 Å². The quantitative estimate of drug-likeness (QED) is 0.224. The first-order valence-corrected chi connectivity index (χ1v) is 16.0. The van der Waals surface area contributed by atoms with E-state index in [1.807, 2.05) is 0 Å². The Bertz CT molecular complexity index is 1630. The molecule has 1 saturated heterocycles. The fourth-order valence-electron chi connectivity index (χ4n) is 5.48. The zero-order valence-corrected chi connectivity index (χ0v) is 25.7. The van der Waals surface area contributed by atoms with E-state index >= 15 is 0 Å². The Balaban J connectivity index is 1.67. The predicted octanol–water partition coefficient (Wildman–Crippen LogP) is 5.55. The Hall–Kier alpha value is -4.02. The van der Waals surface area contributed by atoms with Crippen LogP contribution in [0, 0.1) is 0 Å². The van der Waals surface area contributed by atoms with Crippen LogP contribution in [0.1, 0.15) is 47.2 Å². The predicted molar refractivity (Wildman–Crippen MR) is 158 cm³/mol. The Morgan fingerprint density at radius 2 is 1.62 bits per heavy atom. The minimum Gasteiger partial charge on any atom is -0.489 e. The van der Waals surface area contributed by atoms with Crippen molar-refractivity contribution >= 4 is 21.4 Å². The van der Waals surface area contributed by atoms with Crippen LogP contribution in [-0.2, 0) is 14.6 Å². The van der Waals surface area contributed by atoms with Crippen molar-refractivity contribution in [2.45, 2.75) is 55.4 Å². The van der Waals surface area contributed by atoms with Crippen LogP contribution >= 0.6 is 0 Å². The highest BCUT2D eigenvalue weighted by Crippen LogP contribution is 2.37. The van der Waals surface area contributed by atoms with Gasteiger partial charge in [0.05, 0.1) is 29.8 Å². The Morgan fingerprint density at radius 3 is 2.17 bits per heavy atom. The number of ether oxygens (including phenoxy) is 3. The Labute approximate surface area is 266 Å². The molecule has 256 valence electrons. The summed E-state index contributed by atoms with van der Waals surface area (Å²) in [6, 6.07) is 14.1. The average Bonchev–Trinajstić information content (AvgIpc) is 3.41. The molecule has 0 unspecified atom stereocenters. The molecule has 1 heterocycles. The van der Waals surface area contributed by atoms with Crippen LogP contribution in [0.5, 0.6) is 11.5 Å². The van der Waals surface area contributed by atoms with Crippen molar-refractivity contribution in [2.24, 2.45) is 5.73 Å². The third kappa shape index (κ3) is 9.51. The zero-order valence-electron chi connectivity index (χ0n) is 24.9. The van der Waals surface area contributed by atoms with Gasteiger partial charge in [-0.15, -0.1) is 26.3 Å². The zero-order chi connectivity index (χ0) is 34.6. The van der Waals surface area contributed by atoms with E-state index in [4.69, 9.17) is 10.5 Å². The van der Waals surface area contributed by atoms with Gasteiger partial charge in [0.2, 0.25) is 5.91 Å². The highest BCUT2D eigenvalue weighted by atomic mass is 32.2. The largest absolute Gasteiger partial charge is 0.573 e. The molecule has 1 aliphatic rings. The molecule has 0 spiro atoms. The van der Waals surface area contributed by atoms with Gasteiger partial charge in [-0.05, 0) is 72.1 Å². The summed E-state index contributed by atoms with van der Waals surface area (Å²) in [7, 11) is -3.50. The monoisotopic (exact) mass is 690 g/mol. The second kappa shape index (κ2) is 14.4. The number of alkyl halides is 6. The minimum absolute atomic E-state index is 0.0380. The van der Waals surface area contributed by atoms with Gasteiger partial charge in [0.15, 0.2) is 9.84 Å². The number of aliphatic hydroxyl groups is 1. The molecule has 1 amide bonds. The summed E-state index contributed by atoms with van der Waals surface area (Å²) < 4.78 is 115. The number of nitrogens with two attached hydrogens (primary N) is 1. The molecule has 1 aliphatic heterocycles. The number of hydrogen-bond acceptors (Lipinski definition) is 8. The number of benzene rings is 3. The van der Waals surface area contributed by atoms with Gasteiger partial charge in [0, 0.05) is 30.2 Å². The molecule has 47 heavy (non-hydrogen) atoms. The van der Waals surface area contributed by atoms with Gasteiger partial charge >= 0.3 is 12.7 Å². The van der Waals surface area contributed by atoms with Crippen LogP contribution in [0.2, 0.25) is 0 Å². The lowest BCUT2D eigenvalue weighted by Gasteiger charge is -2.29. The highest BCUT2D eigenvalue weighted by molar-refractivity contribution is 7.91. The van der Waals surface area contributed by atoms with Crippen LogP contribution in [-0.4, -0.2) is 69.8 Å². The molecule has 0 aliphatic carbocycles. The number of amides is 1. The molecule has 3 aromatic rings. The lowest BCUT2D eigenvalue weighted by molar-refractivity contribution is -0.325. The highest BCUT2D eigenvalue weighted by Gasteiger charge is 2.38. The molecule has 3 atom stereocenters. The minimum atomic E-state index is -4.93. The van der Waals surface area contributed by atoms with E-state index in [0.717, 1.165) is 12.1 Å². The van der Waals surface area contributed by atoms with Crippen molar-refractivity contribution in [1.29, 1.82) is 0 Å².